The Balaban J connectivity index is 2.72. The van der Waals surface area contributed by atoms with Gasteiger partial charge in [-0.2, -0.15) is 18.4 Å². The molecular formula is C12H12F3N3O. The summed E-state index contributed by atoms with van der Waals surface area (Å²) in [6, 6.07) is 6.73. The molecule has 2 N–H and O–H groups in total. The van der Waals surface area contributed by atoms with E-state index < -0.39 is 18.8 Å². The minimum atomic E-state index is -4.37. The first-order valence-corrected chi connectivity index (χ1v) is 5.39. The van der Waals surface area contributed by atoms with Crippen molar-refractivity contribution in [1.29, 1.82) is 5.26 Å². The van der Waals surface area contributed by atoms with E-state index in [0.29, 0.717) is 11.3 Å². The van der Waals surface area contributed by atoms with Crippen molar-refractivity contribution in [3.05, 3.63) is 29.8 Å². The molecule has 0 radical (unpaired) electrons. The van der Waals surface area contributed by atoms with Crippen LogP contribution >= 0.6 is 0 Å². The molecule has 0 aromatic heterocycles. The van der Waals surface area contributed by atoms with Crippen LogP contribution in [-0.4, -0.2) is 18.6 Å². The first kappa shape index (κ1) is 15.0. The molecule has 1 aromatic rings. The van der Waals surface area contributed by atoms with Crippen LogP contribution in [0.3, 0.4) is 0 Å². The number of amides is 1. The van der Waals surface area contributed by atoms with E-state index in [-0.39, 0.29) is 5.91 Å². The van der Waals surface area contributed by atoms with Crippen molar-refractivity contribution in [2.24, 2.45) is 0 Å². The summed E-state index contributed by atoms with van der Waals surface area (Å²) in [5.74, 6) is -0.250. The predicted molar refractivity (Wildman–Crippen MR) is 63.2 cm³/mol. The molecular weight excluding hydrogens is 259 g/mol. The second-order valence-electron chi connectivity index (χ2n) is 3.86. The molecule has 0 fully saturated rings. The van der Waals surface area contributed by atoms with E-state index in [0.717, 1.165) is 0 Å². The monoisotopic (exact) mass is 271 g/mol. The average Bonchev–Trinajstić information content (AvgIpc) is 2.29. The number of halogens is 3. The van der Waals surface area contributed by atoms with E-state index in [2.05, 4.69) is 10.6 Å². The van der Waals surface area contributed by atoms with Crippen molar-refractivity contribution >= 4 is 11.6 Å². The van der Waals surface area contributed by atoms with Gasteiger partial charge in [-0.15, -0.1) is 0 Å². The minimum Gasteiger partial charge on any atom is -0.326 e. The molecule has 1 rings (SSSR count). The van der Waals surface area contributed by atoms with Crippen molar-refractivity contribution in [3.8, 4) is 6.07 Å². The lowest BCUT2D eigenvalue weighted by Crippen LogP contribution is -2.31. The van der Waals surface area contributed by atoms with Gasteiger partial charge in [0.05, 0.1) is 12.6 Å². The molecule has 1 aromatic carbocycles. The van der Waals surface area contributed by atoms with Gasteiger partial charge in [0, 0.05) is 12.6 Å². The van der Waals surface area contributed by atoms with E-state index in [4.69, 9.17) is 5.26 Å². The number of nitrogens with one attached hydrogen (secondary N) is 2. The number of hydrogen-bond acceptors (Lipinski definition) is 3. The maximum atomic E-state index is 12.1. The van der Waals surface area contributed by atoms with Crippen molar-refractivity contribution in [2.75, 3.05) is 11.9 Å². The zero-order valence-electron chi connectivity index (χ0n) is 10.1. The lowest BCUT2D eigenvalue weighted by molar-refractivity contribution is -0.125. The molecule has 0 saturated carbocycles. The molecule has 1 amide bonds. The highest BCUT2D eigenvalue weighted by molar-refractivity contribution is 5.88. The summed E-state index contributed by atoms with van der Waals surface area (Å²) in [5.41, 5.74) is 0.921. The van der Waals surface area contributed by atoms with Crippen molar-refractivity contribution < 1.29 is 18.0 Å². The van der Waals surface area contributed by atoms with Gasteiger partial charge >= 0.3 is 6.18 Å². The number of nitrogens with zero attached hydrogens (tertiary/aromatic N) is 1. The highest BCUT2D eigenvalue weighted by Gasteiger charge is 2.28. The van der Waals surface area contributed by atoms with Gasteiger partial charge in [0.25, 0.3) is 0 Å². The maximum absolute atomic E-state index is 12.1. The molecule has 0 heterocycles. The smallest absolute Gasteiger partial charge is 0.326 e. The average molecular weight is 271 g/mol. The third-order valence-electron chi connectivity index (χ3n) is 2.20. The number of hydrogen-bond donors (Lipinski definition) is 2. The number of rotatable bonds is 4. The van der Waals surface area contributed by atoms with Crippen LogP contribution in [0, 0.1) is 11.3 Å². The maximum Gasteiger partial charge on any atom is 0.401 e. The van der Waals surface area contributed by atoms with Crippen LogP contribution in [0.1, 0.15) is 18.5 Å². The lowest BCUT2D eigenvalue weighted by atomic mass is 10.1. The third kappa shape index (κ3) is 5.40. The van der Waals surface area contributed by atoms with Crippen LogP contribution in [0.15, 0.2) is 24.3 Å². The first-order valence-electron chi connectivity index (χ1n) is 5.39. The number of anilines is 1. The Labute approximate surface area is 108 Å². The van der Waals surface area contributed by atoms with E-state index in [1.165, 1.54) is 31.2 Å². The standard InChI is InChI=1S/C12H12F3N3O/c1-8(19)18-10-4-2-9(3-5-10)11(6-16)17-7-12(13,14)15/h2-5,11,17H,7H2,1H3,(H,18,19). The zero-order valence-corrected chi connectivity index (χ0v) is 10.1. The van der Waals surface area contributed by atoms with Gasteiger partial charge in [-0.3, -0.25) is 10.1 Å². The molecule has 1 unspecified atom stereocenters. The molecule has 102 valence electrons. The molecule has 0 bridgehead atoms. The van der Waals surface area contributed by atoms with E-state index in [1.54, 1.807) is 6.07 Å². The molecule has 4 nitrogen and oxygen atoms in total. The second kappa shape index (κ2) is 6.20. The Hall–Kier alpha value is -2.07. The van der Waals surface area contributed by atoms with Crippen LogP contribution in [0.2, 0.25) is 0 Å². The number of nitriles is 1. The first-order chi connectivity index (χ1) is 8.81. The van der Waals surface area contributed by atoms with Crippen LogP contribution in [-0.2, 0) is 4.79 Å². The van der Waals surface area contributed by atoms with Crippen molar-refractivity contribution in [3.63, 3.8) is 0 Å². The fourth-order valence-electron chi connectivity index (χ4n) is 1.42. The number of carbonyl (C=O) groups excluding carboxylic acids is 1. The highest BCUT2D eigenvalue weighted by Crippen LogP contribution is 2.19. The Morgan fingerprint density at radius 2 is 1.95 bits per heavy atom. The summed E-state index contributed by atoms with van der Waals surface area (Å²) in [6.45, 7) is 0.107. The minimum absolute atomic E-state index is 0.250. The van der Waals surface area contributed by atoms with E-state index in [9.17, 15) is 18.0 Å². The quantitative estimate of drug-likeness (QED) is 0.883. The summed E-state index contributed by atoms with van der Waals surface area (Å²) in [5, 5.41) is 13.5. The van der Waals surface area contributed by atoms with Gasteiger partial charge in [-0.1, -0.05) is 12.1 Å². The largest absolute Gasteiger partial charge is 0.401 e. The summed E-state index contributed by atoms with van der Waals surface area (Å²) in [4.78, 5) is 10.8. The molecule has 0 spiro atoms. The van der Waals surface area contributed by atoms with Gasteiger partial charge in [0.15, 0.2) is 0 Å². The Morgan fingerprint density at radius 3 is 2.37 bits per heavy atom. The number of benzene rings is 1. The molecule has 1 atom stereocenters. The molecule has 0 aliphatic carbocycles. The Morgan fingerprint density at radius 1 is 1.37 bits per heavy atom. The van der Waals surface area contributed by atoms with Crippen LogP contribution in [0.25, 0.3) is 0 Å². The van der Waals surface area contributed by atoms with Gasteiger partial charge in [-0.25, -0.2) is 0 Å². The van der Waals surface area contributed by atoms with Gasteiger partial charge in [-0.05, 0) is 17.7 Å². The topological polar surface area (TPSA) is 64.9 Å². The molecule has 7 heteroatoms. The SMILES string of the molecule is CC(=O)Nc1ccc(C(C#N)NCC(F)(F)F)cc1. The second-order valence-corrected chi connectivity index (χ2v) is 3.86. The fourth-order valence-corrected chi connectivity index (χ4v) is 1.42. The third-order valence-corrected chi connectivity index (χ3v) is 2.20. The molecule has 19 heavy (non-hydrogen) atoms. The zero-order chi connectivity index (χ0) is 14.5. The van der Waals surface area contributed by atoms with Crippen LogP contribution < -0.4 is 10.6 Å². The molecule has 0 aliphatic heterocycles. The van der Waals surface area contributed by atoms with E-state index in [1.807, 2.05) is 0 Å². The number of alkyl halides is 3. The van der Waals surface area contributed by atoms with Crippen molar-refractivity contribution in [1.82, 2.24) is 5.32 Å². The van der Waals surface area contributed by atoms with Gasteiger partial charge in [0.2, 0.25) is 5.91 Å². The van der Waals surface area contributed by atoms with E-state index >= 15 is 0 Å². The summed E-state index contributed by atoms with van der Waals surface area (Å²) in [6.07, 6.45) is -4.37. The molecule has 0 saturated heterocycles. The fraction of sp³-hybridized carbons (Fsp3) is 0.333. The summed E-state index contributed by atoms with van der Waals surface area (Å²) >= 11 is 0. The van der Waals surface area contributed by atoms with Crippen LogP contribution in [0.5, 0.6) is 0 Å². The summed E-state index contributed by atoms with van der Waals surface area (Å²) < 4.78 is 36.2. The Bertz CT molecular complexity index is 476. The predicted octanol–water partition coefficient (Wildman–Crippen LogP) is 2.36. The highest BCUT2D eigenvalue weighted by atomic mass is 19.4. The van der Waals surface area contributed by atoms with Crippen molar-refractivity contribution in [2.45, 2.75) is 19.1 Å². The Kier molecular flexibility index (Phi) is 4.89. The van der Waals surface area contributed by atoms with Gasteiger partial charge < -0.3 is 5.32 Å². The number of carbonyl (C=O) groups is 1. The summed E-state index contributed by atoms with van der Waals surface area (Å²) in [7, 11) is 0. The van der Waals surface area contributed by atoms with Gasteiger partial charge in [0.1, 0.15) is 6.04 Å². The lowest BCUT2D eigenvalue weighted by Gasteiger charge is -2.14. The molecule has 0 aliphatic rings. The normalized spacial score (nSPS) is 12.6. The van der Waals surface area contributed by atoms with Crippen LogP contribution in [0.4, 0.5) is 18.9 Å².